The number of carbonyl (C=O) groups excluding carboxylic acids is 1. The van der Waals surface area contributed by atoms with Crippen molar-refractivity contribution in [1.82, 2.24) is 15.3 Å². The highest BCUT2D eigenvalue weighted by molar-refractivity contribution is 8.00. The highest BCUT2D eigenvalue weighted by Gasteiger charge is 2.27. The molecule has 0 bridgehead atoms. The van der Waals surface area contributed by atoms with Crippen LogP contribution in [0.1, 0.15) is 45.4 Å². The van der Waals surface area contributed by atoms with Gasteiger partial charge in [0.25, 0.3) is 0 Å². The van der Waals surface area contributed by atoms with E-state index >= 15 is 0 Å². The smallest absolute Gasteiger partial charge is 0.230 e. The lowest BCUT2D eigenvalue weighted by Crippen LogP contribution is -2.37. The third-order valence-corrected chi connectivity index (χ3v) is 5.25. The van der Waals surface area contributed by atoms with E-state index in [2.05, 4.69) is 24.1 Å². The quantitative estimate of drug-likeness (QED) is 0.647. The fraction of sp³-hybridized carbons (Fsp3) is 0.500. The number of hydrogen-bond acceptors (Lipinski definition) is 4. The number of fused-ring (bicyclic) bond motifs is 1. The molecule has 4 nitrogen and oxygen atoms in total. The molecule has 2 aromatic rings. The Labute approximate surface area is 141 Å². The van der Waals surface area contributed by atoms with Gasteiger partial charge >= 0.3 is 0 Å². The molecule has 1 unspecified atom stereocenters. The number of benzene rings is 1. The number of hydrogen-bond donors (Lipinski definition) is 1. The zero-order chi connectivity index (χ0) is 16.4. The second-order valence-electron chi connectivity index (χ2n) is 6.57. The van der Waals surface area contributed by atoms with Gasteiger partial charge in [0.2, 0.25) is 5.91 Å². The first-order valence-corrected chi connectivity index (χ1v) is 9.22. The van der Waals surface area contributed by atoms with Gasteiger partial charge in [0.1, 0.15) is 10.9 Å². The van der Waals surface area contributed by atoms with Crippen LogP contribution in [0.15, 0.2) is 29.3 Å². The van der Waals surface area contributed by atoms with Gasteiger partial charge in [-0.15, -0.1) is 0 Å². The normalized spacial score (nSPS) is 15.8. The molecule has 1 N–H and O–H groups in total. The highest BCUT2D eigenvalue weighted by atomic mass is 32.2. The summed E-state index contributed by atoms with van der Waals surface area (Å²) >= 11 is 1.51. The van der Waals surface area contributed by atoms with E-state index in [0.29, 0.717) is 17.6 Å². The van der Waals surface area contributed by atoms with Gasteiger partial charge in [-0.3, -0.25) is 4.79 Å². The Balaban J connectivity index is 1.75. The molecule has 1 aliphatic carbocycles. The Hall–Kier alpha value is -1.62. The Morgan fingerprint density at radius 2 is 2.00 bits per heavy atom. The predicted octanol–water partition coefficient (Wildman–Crippen LogP) is 3.76. The van der Waals surface area contributed by atoms with Crippen LogP contribution in [-0.4, -0.2) is 27.7 Å². The van der Waals surface area contributed by atoms with E-state index in [4.69, 9.17) is 4.98 Å². The summed E-state index contributed by atoms with van der Waals surface area (Å²) in [5, 5.41) is 5.00. The monoisotopic (exact) mass is 329 g/mol. The summed E-state index contributed by atoms with van der Waals surface area (Å²) in [7, 11) is 0. The molecule has 0 radical (unpaired) electrons. The Morgan fingerprint density at radius 3 is 2.70 bits per heavy atom. The third kappa shape index (κ3) is 4.02. The van der Waals surface area contributed by atoms with Crippen molar-refractivity contribution in [2.24, 2.45) is 5.92 Å². The molecule has 1 aromatic heterocycles. The summed E-state index contributed by atoms with van der Waals surface area (Å²) in [6, 6.07) is 8.23. The van der Waals surface area contributed by atoms with Crippen molar-refractivity contribution in [3.63, 3.8) is 0 Å². The molecule has 1 heterocycles. The molecule has 1 saturated carbocycles. The molecular weight excluding hydrogens is 306 g/mol. The van der Waals surface area contributed by atoms with Crippen molar-refractivity contribution in [3.8, 4) is 0 Å². The number of thioether (sulfide) groups is 1. The minimum Gasteiger partial charge on any atom is -0.353 e. The summed E-state index contributed by atoms with van der Waals surface area (Å²) in [5.74, 6) is 2.33. The summed E-state index contributed by atoms with van der Waals surface area (Å²) in [5.41, 5.74) is 0.975. The van der Waals surface area contributed by atoms with E-state index in [1.165, 1.54) is 24.6 Å². The van der Waals surface area contributed by atoms with E-state index < -0.39 is 0 Å². The molecule has 0 aliphatic heterocycles. The average molecular weight is 329 g/mol. The van der Waals surface area contributed by atoms with Crippen molar-refractivity contribution in [2.75, 3.05) is 5.75 Å². The van der Waals surface area contributed by atoms with E-state index in [-0.39, 0.29) is 11.9 Å². The Bertz CT molecular complexity index is 712. The SMILES string of the molecule is CC(C)C(C)NC(=O)CSc1nc(C2CC2)nc2ccccc12. The number of nitrogens with zero attached hydrogens (tertiary/aromatic N) is 2. The maximum atomic E-state index is 12.1. The first kappa shape index (κ1) is 16.2. The number of aromatic nitrogens is 2. The number of para-hydroxylation sites is 1. The maximum absolute atomic E-state index is 12.1. The number of rotatable bonds is 6. The van der Waals surface area contributed by atoms with Crippen LogP contribution in [0.25, 0.3) is 10.9 Å². The van der Waals surface area contributed by atoms with Gasteiger partial charge in [0, 0.05) is 17.3 Å². The Morgan fingerprint density at radius 1 is 1.26 bits per heavy atom. The van der Waals surface area contributed by atoms with Crippen LogP contribution in [0.3, 0.4) is 0 Å². The first-order valence-electron chi connectivity index (χ1n) is 8.23. The summed E-state index contributed by atoms with van der Waals surface area (Å²) < 4.78 is 0. The van der Waals surface area contributed by atoms with Gasteiger partial charge in [-0.05, 0) is 31.7 Å². The molecule has 5 heteroatoms. The van der Waals surface area contributed by atoms with Crippen molar-refractivity contribution < 1.29 is 4.79 Å². The van der Waals surface area contributed by atoms with Crippen LogP contribution < -0.4 is 5.32 Å². The minimum absolute atomic E-state index is 0.0619. The molecule has 0 saturated heterocycles. The predicted molar refractivity (Wildman–Crippen MR) is 94.7 cm³/mol. The van der Waals surface area contributed by atoms with Gasteiger partial charge in [0.05, 0.1) is 11.3 Å². The van der Waals surface area contributed by atoms with Crippen LogP contribution in [0.2, 0.25) is 0 Å². The van der Waals surface area contributed by atoms with Crippen molar-refractivity contribution in [3.05, 3.63) is 30.1 Å². The largest absolute Gasteiger partial charge is 0.353 e. The molecule has 1 atom stereocenters. The van der Waals surface area contributed by atoms with Crippen molar-refractivity contribution in [2.45, 2.75) is 50.6 Å². The number of amides is 1. The van der Waals surface area contributed by atoms with Crippen LogP contribution in [-0.2, 0) is 4.79 Å². The summed E-state index contributed by atoms with van der Waals surface area (Å²) in [4.78, 5) is 21.5. The lowest BCUT2D eigenvalue weighted by atomic mass is 10.1. The Kier molecular flexibility index (Phi) is 4.85. The number of carbonyl (C=O) groups is 1. The first-order chi connectivity index (χ1) is 11.0. The van der Waals surface area contributed by atoms with Gasteiger partial charge in [-0.1, -0.05) is 43.8 Å². The van der Waals surface area contributed by atoms with E-state index in [9.17, 15) is 4.79 Å². The van der Waals surface area contributed by atoms with Crippen LogP contribution >= 0.6 is 11.8 Å². The molecule has 3 rings (SSSR count). The van der Waals surface area contributed by atoms with E-state index in [0.717, 1.165) is 21.8 Å². The zero-order valence-corrected chi connectivity index (χ0v) is 14.7. The minimum atomic E-state index is 0.0619. The molecule has 0 spiro atoms. The van der Waals surface area contributed by atoms with Gasteiger partial charge in [-0.2, -0.15) is 0 Å². The molecule has 23 heavy (non-hydrogen) atoms. The van der Waals surface area contributed by atoms with Gasteiger partial charge in [-0.25, -0.2) is 9.97 Å². The van der Waals surface area contributed by atoms with E-state index in [1.807, 2.05) is 31.2 Å². The average Bonchev–Trinajstić information content (AvgIpc) is 3.37. The molecule has 1 amide bonds. The molecule has 1 aromatic carbocycles. The maximum Gasteiger partial charge on any atom is 0.230 e. The molecular formula is C18H23N3OS. The third-order valence-electron chi connectivity index (χ3n) is 4.26. The summed E-state index contributed by atoms with van der Waals surface area (Å²) in [6.07, 6.45) is 2.35. The van der Waals surface area contributed by atoms with Crippen LogP contribution in [0.4, 0.5) is 0 Å². The zero-order valence-electron chi connectivity index (χ0n) is 13.9. The molecule has 122 valence electrons. The summed E-state index contributed by atoms with van der Waals surface area (Å²) in [6.45, 7) is 6.26. The number of nitrogens with one attached hydrogen (secondary N) is 1. The van der Waals surface area contributed by atoms with Crippen LogP contribution in [0, 0.1) is 5.92 Å². The van der Waals surface area contributed by atoms with Crippen molar-refractivity contribution in [1.29, 1.82) is 0 Å². The molecule has 1 aliphatic rings. The fourth-order valence-corrected chi connectivity index (χ4v) is 3.13. The highest BCUT2D eigenvalue weighted by Crippen LogP contribution is 2.39. The standard InChI is InChI=1S/C18H23N3OS/c1-11(2)12(3)19-16(22)10-23-18-14-6-4-5-7-15(14)20-17(21-18)13-8-9-13/h4-7,11-13H,8-10H2,1-3H3,(H,19,22). The van der Waals surface area contributed by atoms with E-state index in [1.54, 1.807) is 0 Å². The van der Waals surface area contributed by atoms with Gasteiger partial charge in [0.15, 0.2) is 0 Å². The second kappa shape index (κ2) is 6.87. The van der Waals surface area contributed by atoms with Crippen LogP contribution in [0.5, 0.6) is 0 Å². The van der Waals surface area contributed by atoms with Crippen molar-refractivity contribution >= 4 is 28.6 Å². The lowest BCUT2D eigenvalue weighted by Gasteiger charge is -2.17. The fourth-order valence-electron chi connectivity index (χ4n) is 2.29. The van der Waals surface area contributed by atoms with Gasteiger partial charge < -0.3 is 5.32 Å². The topological polar surface area (TPSA) is 54.9 Å². The lowest BCUT2D eigenvalue weighted by molar-refractivity contribution is -0.119. The second-order valence-corrected chi connectivity index (χ2v) is 7.53. The molecule has 1 fully saturated rings.